The third-order valence-electron chi connectivity index (χ3n) is 4.03. The van der Waals surface area contributed by atoms with Crippen molar-refractivity contribution < 1.29 is 22.7 Å². The number of fused-ring (bicyclic) bond motifs is 1. The molecule has 4 nitrogen and oxygen atoms in total. The van der Waals surface area contributed by atoms with E-state index in [1.54, 1.807) is 18.2 Å². The van der Waals surface area contributed by atoms with Crippen molar-refractivity contribution in [1.29, 1.82) is 0 Å². The van der Waals surface area contributed by atoms with Crippen LogP contribution in [0, 0.1) is 0 Å². The summed E-state index contributed by atoms with van der Waals surface area (Å²) >= 11 is 0. The van der Waals surface area contributed by atoms with Crippen LogP contribution in [0.25, 0.3) is 0 Å². The SMILES string of the molecule is COCCN(C)C(=O)NC1(C(F)(F)F)CCc2ccccc21. The Bertz CT molecular complexity index is 548. The van der Waals surface area contributed by atoms with Crippen LogP contribution in [0.5, 0.6) is 0 Å². The van der Waals surface area contributed by atoms with E-state index in [1.165, 1.54) is 25.1 Å². The highest BCUT2D eigenvalue weighted by Gasteiger charge is 2.59. The molecule has 0 saturated carbocycles. The Hall–Kier alpha value is -1.76. The van der Waals surface area contributed by atoms with E-state index in [2.05, 4.69) is 5.32 Å². The lowest BCUT2D eigenvalue weighted by Gasteiger charge is -2.35. The molecule has 122 valence electrons. The van der Waals surface area contributed by atoms with E-state index in [-0.39, 0.29) is 31.6 Å². The quantitative estimate of drug-likeness (QED) is 0.928. The lowest BCUT2D eigenvalue weighted by molar-refractivity contribution is -0.197. The molecule has 22 heavy (non-hydrogen) atoms. The van der Waals surface area contributed by atoms with Gasteiger partial charge in [-0.3, -0.25) is 0 Å². The monoisotopic (exact) mass is 316 g/mol. The Balaban J connectivity index is 2.28. The number of carbonyl (C=O) groups excluding carboxylic acids is 1. The van der Waals surface area contributed by atoms with Gasteiger partial charge in [-0.15, -0.1) is 0 Å². The Labute approximate surface area is 127 Å². The number of likely N-dealkylation sites (N-methyl/N-ethyl adjacent to an activating group) is 1. The molecule has 0 aromatic heterocycles. The maximum atomic E-state index is 13.7. The van der Waals surface area contributed by atoms with E-state index in [9.17, 15) is 18.0 Å². The van der Waals surface area contributed by atoms with Crippen LogP contribution >= 0.6 is 0 Å². The van der Waals surface area contributed by atoms with Crippen LogP contribution in [0.1, 0.15) is 17.5 Å². The Morgan fingerprint density at radius 2 is 2.09 bits per heavy atom. The van der Waals surface area contributed by atoms with Gasteiger partial charge >= 0.3 is 12.2 Å². The van der Waals surface area contributed by atoms with Gasteiger partial charge in [-0.05, 0) is 24.0 Å². The average molecular weight is 316 g/mol. The van der Waals surface area contributed by atoms with Crippen molar-refractivity contribution in [3.63, 3.8) is 0 Å². The third-order valence-corrected chi connectivity index (χ3v) is 4.03. The maximum absolute atomic E-state index is 13.7. The Morgan fingerprint density at radius 1 is 1.41 bits per heavy atom. The number of carbonyl (C=O) groups is 1. The number of nitrogens with one attached hydrogen (secondary N) is 1. The topological polar surface area (TPSA) is 41.6 Å². The van der Waals surface area contributed by atoms with E-state index in [0.717, 1.165) is 0 Å². The van der Waals surface area contributed by atoms with Gasteiger partial charge in [0.15, 0.2) is 5.54 Å². The van der Waals surface area contributed by atoms with Gasteiger partial charge in [-0.25, -0.2) is 4.79 Å². The van der Waals surface area contributed by atoms with E-state index >= 15 is 0 Å². The summed E-state index contributed by atoms with van der Waals surface area (Å²) in [6, 6.07) is 5.61. The molecule has 2 amide bonds. The molecule has 1 atom stereocenters. The number of methoxy groups -OCH3 is 1. The molecule has 1 aliphatic rings. The van der Waals surface area contributed by atoms with Gasteiger partial charge in [-0.1, -0.05) is 24.3 Å². The van der Waals surface area contributed by atoms with Crippen molar-refractivity contribution in [3.8, 4) is 0 Å². The second-order valence-electron chi connectivity index (χ2n) is 5.40. The number of rotatable bonds is 4. The van der Waals surface area contributed by atoms with Crippen LogP contribution in [0.3, 0.4) is 0 Å². The molecule has 0 spiro atoms. The molecule has 0 fully saturated rings. The van der Waals surface area contributed by atoms with Gasteiger partial charge in [0.05, 0.1) is 6.61 Å². The summed E-state index contributed by atoms with van der Waals surface area (Å²) in [6.45, 7) is 0.484. The zero-order valence-electron chi connectivity index (χ0n) is 12.5. The molecule has 0 radical (unpaired) electrons. The summed E-state index contributed by atoms with van der Waals surface area (Å²) in [6.07, 6.45) is -4.45. The normalized spacial score (nSPS) is 20.6. The first kappa shape index (κ1) is 16.6. The second-order valence-corrected chi connectivity index (χ2v) is 5.40. The molecule has 0 saturated heterocycles. The molecule has 1 N–H and O–H groups in total. The first-order chi connectivity index (χ1) is 10.3. The molecule has 1 aliphatic carbocycles. The fourth-order valence-corrected chi connectivity index (χ4v) is 2.71. The molecular weight excluding hydrogens is 297 g/mol. The highest BCUT2D eigenvalue weighted by Crippen LogP contribution is 2.48. The van der Waals surface area contributed by atoms with Gasteiger partial charge in [0.1, 0.15) is 0 Å². The third kappa shape index (κ3) is 2.90. The van der Waals surface area contributed by atoms with Crippen LogP contribution in [-0.4, -0.2) is 44.4 Å². The molecular formula is C15H19F3N2O2. The number of urea groups is 1. The van der Waals surface area contributed by atoms with Crippen LogP contribution in [0.15, 0.2) is 24.3 Å². The van der Waals surface area contributed by atoms with Gasteiger partial charge in [0.2, 0.25) is 0 Å². The molecule has 7 heteroatoms. The second kappa shape index (κ2) is 6.16. The van der Waals surface area contributed by atoms with E-state index < -0.39 is 17.7 Å². The molecule has 0 heterocycles. The minimum absolute atomic E-state index is 0.135. The van der Waals surface area contributed by atoms with Crippen molar-refractivity contribution in [2.45, 2.75) is 24.6 Å². The molecule has 2 rings (SSSR count). The zero-order chi connectivity index (χ0) is 16.4. The summed E-state index contributed by atoms with van der Waals surface area (Å²) in [4.78, 5) is 13.3. The summed E-state index contributed by atoms with van der Waals surface area (Å²) in [5, 5.41) is 2.20. The van der Waals surface area contributed by atoms with Gasteiger partial charge in [0.25, 0.3) is 0 Å². The van der Waals surface area contributed by atoms with Gasteiger partial charge in [-0.2, -0.15) is 13.2 Å². The van der Waals surface area contributed by atoms with Gasteiger partial charge in [0, 0.05) is 20.7 Å². The summed E-state index contributed by atoms with van der Waals surface area (Å²) in [7, 11) is 2.91. The summed E-state index contributed by atoms with van der Waals surface area (Å²) < 4.78 is 46.0. The number of aryl methyl sites for hydroxylation is 1. The number of benzene rings is 1. The van der Waals surface area contributed by atoms with Crippen molar-refractivity contribution >= 4 is 6.03 Å². The number of halogens is 3. The first-order valence-corrected chi connectivity index (χ1v) is 6.99. The Kier molecular flexibility index (Phi) is 4.65. The Morgan fingerprint density at radius 3 is 2.73 bits per heavy atom. The molecule has 0 aliphatic heterocycles. The lowest BCUT2D eigenvalue weighted by atomic mass is 9.91. The largest absolute Gasteiger partial charge is 0.415 e. The van der Waals surface area contributed by atoms with Gasteiger partial charge < -0.3 is 15.0 Å². The lowest BCUT2D eigenvalue weighted by Crippen LogP contribution is -2.57. The van der Waals surface area contributed by atoms with Crippen molar-refractivity contribution in [2.24, 2.45) is 0 Å². The smallest absolute Gasteiger partial charge is 0.383 e. The van der Waals surface area contributed by atoms with Crippen LogP contribution in [-0.2, 0) is 16.7 Å². The number of amides is 2. The highest BCUT2D eigenvalue weighted by atomic mass is 19.4. The zero-order valence-corrected chi connectivity index (χ0v) is 12.5. The van der Waals surface area contributed by atoms with Crippen LogP contribution in [0.2, 0.25) is 0 Å². The highest BCUT2D eigenvalue weighted by molar-refractivity contribution is 5.75. The number of ether oxygens (including phenoxy) is 1. The molecule has 0 bridgehead atoms. The van der Waals surface area contributed by atoms with Crippen LogP contribution < -0.4 is 5.32 Å². The molecule has 1 unspecified atom stereocenters. The first-order valence-electron chi connectivity index (χ1n) is 6.99. The minimum Gasteiger partial charge on any atom is -0.383 e. The summed E-state index contributed by atoms with van der Waals surface area (Å²) in [5.74, 6) is 0. The van der Waals surface area contributed by atoms with Crippen molar-refractivity contribution in [1.82, 2.24) is 10.2 Å². The maximum Gasteiger partial charge on any atom is 0.415 e. The number of nitrogens with zero attached hydrogens (tertiary/aromatic N) is 1. The molecule has 1 aromatic carbocycles. The number of hydrogen-bond acceptors (Lipinski definition) is 2. The average Bonchev–Trinajstić information content (AvgIpc) is 2.84. The standard InChI is InChI=1S/C15H19F3N2O2/c1-20(9-10-22-2)13(21)19-14(15(16,17)18)8-7-11-5-3-4-6-12(11)14/h3-6H,7-10H2,1-2H3,(H,19,21). The fraction of sp³-hybridized carbons (Fsp3) is 0.533. The number of alkyl halides is 3. The predicted octanol–water partition coefficient (Wildman–Crippen LogP) is 2.68. The van der Waals surface area contributed by atoms with E-state index in [4.69, 9.17) is 4.74 Å². The summed E-state index contributed by atoms with van der Waals surface area (Å²) in [5.41, 5.74) is -1.56. The van der Waals surface area contributed by atoms with E-state index in [1.807, 2.05) is 0 Å². The molecule has 1 aromatic rings. The van der Waals surface area contributed by atoms with Crippen molar-refractivity contribution in [2.75, 3.05) is 27.3 Å². The minimum atomic E-state index is -4.56. The number of hydrogen-bond donors (Lipinski definition) is 1. The predicted molar refractivity (Wildman–Crippen MR) is 75.5 cm³/mol. The van der Waals surface area contributed by atoms with E-state index in [0.29, 0.717) is 5.56 Å². The fourth-order valence-electron chi connectivity index (χ4n) is 2.71. The van der Waals surface area contributed by atoms with Crippen LogP contribution in [0.4, 0.5) is 18.0 Å². The van der Waals surface area contributed by atoms with Crippen molar-refractivity contribution in [3.05, 3.63) is 35.4 Å².